The van der Waals surface area contributed by atoms with Gasteiger partial charge in [0.15, 0.2) is 0 Å². The molecule has 22 heavy (non-hydrogen) atoms. The van der Waals surface area contributed by atoms with Crippen molar-refractivity contribution < 1.29 is 18.7 Å². The van der Waals surface area contributed by atoms with Gasteiger partial charge in [0.05, 0.1) is 18.8 Å². The smallest absolute Gasteiger partial charge is 0.315 e. The second-order valence-electron chi connectivity index (χ2n) is 5.35. The molecule has 2 rings (SSSR count). The summed E-state index contributed by atoms with van der Waals surface area (Å²) in [5.74, 6) is 0.0503. The van der Waals surface area contributed by atoms with Crippen LogP contribution in [0.25, 0.3) is 0 Å². The van der Waals surface area contributed by atoms with E-state index in [0.29, 0.717) is 5.76 Å². The first-order chi connectivity index (χ1) is 10.4. The molecule has 0 spiro atoms. The van der Waals surface area contributed by atoms with E-state index in [1.807, 2.05) is 0 Å². The van der Waals surface area contributed by atoms with E-state index in [2.05, 4.69) is 10.6 Å². The molecule has 0 radical (unpaired) electrons. The first kappa shape index (κ1) is 16.0. The van der Waals surface area contributed by atoms with Crippen LogP contribution in [0.5, 0.6) is 0 Å². The van der Waals surface area contributed by atoms with Crippen molar-refractivity contribution in [2.45, 2.75) is 25.5 Å². The molecular formula is C16H19FN2O3. The molecule has 118 valence electrons. The molecule has 0 unspecified atom stereocenters. The maximum absolute atomic E-state index is 12.9. The fourth-order valence-corrected chi connectivity index (χ4v) is 2.01. The highest BCUT2D eigenvalue weighted by Crippen LogP contribution is 2.19. The first-order valence-electron chi connectivity index (χ1n) is 6.95. The lowest BCUT2D eigenvalue weighted by Crippen LogP contribution is -2.44. The molecule has 2 amide bonds. The maximum atomic E-state index is 12.9. The first-order valence-corrected chi connectivity index (χ1v) is 6.95. The summed E-state index contributed by atoms with van der Waals surface area (Å²) in [6.45, 7) is 3.34. The van der Waals surface area contributed by atoms with Crippen LogP contribution >= 0.6 is 0 Å². The van der Waals surface area contributed by atoms with Crippen LogP contribution in [0.2, 0.25) is 0 Å². The Hall–Kier alpha value is -2.34. The molecule has 0 saturated heterocycles. The number of halogens is 1. The lowest BCUT2D eigenvalue weighted by atomic mass is 10.0. The predicted molar refractivity (Wildman–Crippen MR) is 79.6 cm³/mol. The number of hydrogen-bond acceptors (Lipinski definition) is 3. The van der Waals surface area contributed by atoms with Crippen molar-refractivity contribution in [3.05, 3.63) is 59.8 Å². The molecule has 0 aliphatic heterocycles. The van der Waals surface area contributed by atoms with Crippen molar-refractivity contribution in [2.24, 2.45) is 0 Å². The summed E-state index contributed by atoms with van der Waals surface area (Å²) in [5, 5.41) is 15.5. The normalized spacial score (nSPS) is 14.9. The van der Waals surface area contributed by atoms with Gasteiger partial charge in [0.1, 0.15) is 17.2 Å². The van der Waals surface area contributed by atoms with Gasteiger partial charge in [0, 0.05) is 0 Å². The zero-order chi connectivity index (χ0) is 16.2. The van der Waals surface area contributed by atoms with Crippen molar-refractivity contribution in [1.82, 2.24) is 10.6 Å². The van der Waals surface area contributed by atoms with Crippen molar-refractivity contribution in [3.8, 4) is 0 Å². The Morgan fingerprint density at radius 1 is 1.36 bits per heavy atom. The van der Waals surface area contributed by atoms with Crippen LogP contribution in [0.3, 0.4) is 0 Å². The molecule has 1 aromatic carbocycles. The number of hydrogen-bond donors (Lipinski definition) is 3. The largest absolute Gasteiger partial charge is 0.466 e. The minimum Gasteiger partial charge on any atom is -0.466 e. The van der Waals surface area contributed by atoms with E-state index >= 15 is 0 Å². The Labute approximate surface area is 128 Å². The maximum Gasteiger partial charge on any atom is 0.315 e. The van der Waals surface area contributed by atoms with Crippen molar-refractivity contribution in [1.29, 1.82) is 0 Å². The van der Waals surface area contributed by atoms with E-state index in [4.69, 9.17) is 4.42 Å². The molecule has 5 nitrogen and oxygen atoms in total. The molecule has 0 bridgehead atoms. The SMILES string of the molecule is C[C@@H](NC(=O)NC[C@](C)(O)c1ccco1)c1ccc(F)cc1. The van der Waals surface area contributed by atoms with Gasteiger partial charge in [-0.25, -0.2) is 9.18 Å². The molecular weight excluding hydrogens is 287 g/mol. The predicted octanol–water partition coefficient (Wildman–Crippen LogP) is 2.69. The number of amides is 2. The van der Waals surface area contributed by atoms with Crippen molar-refractivity contribution in [2.75, 3.05) is 6.54 Å². The zero-order valence-electron chi connectivity index (χ0n) is 12.5. The van der Waals surface area contributed by atoms with Gasteiger partial charge in [-0.15, -0.1) is 0 Å². The average Bonchev–Trinajstić information content (AvgIpc) is 3.01. The molecule has 0 aliphatic carbocycles. The third-order valence-electron chi connectivity index (χ3n) is 3.36. The lowest BCUT2D eigenvalue weighted by molar-refractivity contribution is 0.0366. The van der Waals surface area contributed by atoms with Crippen LogP contribution in [0.4, 0.5) is 9.18 Å². The molecule has 1 aromatic heterocycles. The monoisotopic (exact) mass is 306 g/mol. The van der Waals surface area contributed by atoms with Gasteiger partial charge >= 0.3 is 6.03 Å². The number of carbonyl (C=O) groups excluding carboxylic acids is 1. The van der Waals surface area contributed by atoms with Crippen LogP contribution in [0.15, 0.2) is 47.1 Å². The number of aliphatic hydroxyl groups is 1. The topological polar surface area (TPSA) is 74.5 Å². The molecule has 0 saturated carbocycles. The second kappa shape index (κ2) is 6.62. The summed E-state index contributed by atoms with van der Waals surface area (Å²) < 4.78 is 18.0. The van der Waals surface area contributed by atoms with Gasteiger partial charge in [-0.3, -0.25) is 0 Å². The number of rotatable bonds is 5. The number of urea groups is 1. The second-order valence-corrected chi connectivity index (χ2v) is 5.35. The highest BCUT2D eigenvalue weighted by molar-refractivity contribution is 5.74. The average molecular weight is 306 g/mol. The Balaban J connectivity index is 1.86. The van der Waals surface area contributed by atoms with Crippen LogP contribution in [0.1, 0.15) is 31.2 Å². The standard InChI is InChI=1S/C16H19FN2O3/c1-11(12-5-7-13(17)8-6-12)19-15(20)18-10-16(2,21)14-4-3-9-22-14/h3-9,11,21H,10H2,1-2H3,(H2,18,19,20)/t11-,16+/m1/s1. The van der Waals surface area contributed by atoms with E-state index in [0.717, 1.165) is 5.56 Å². The molecule has 3 N–H and O–H groups in total. The Morgan fingerprint density at radius 2 is 2.05 bits per heavy atom. The van der Waals surface area contributed by atoms with Crippen LogP contribution in [0, 0.1) is 5.82 Å². The highest BCUT2D eigenvalue weighted by Gasteiger charge is 2.26. The fraction of sp³-hybridized carbons (Fsp3) is 0.312. The molecule has 1 heterocycles. The molecule has 2 atom stereocenters. The Bertz CT molecular complexity index is 609. The quantitative estimate of drug-likeness (QED) is 0.795. The van der Waals surface area contributed by atoms with Gasteiger partial charge in [-0.2, -0.15) is 0 Å². The van der Waals surface area contributed by atoms with Gasteiger partial charge in [0.25, 0.3) is 0 Å². The Kier molecular flexibility index (Phi) is 4.82. The summed E-state index contributed by atoms with van der Waals surface area (Å²) in [5.41, 5.74) is -0.505. The summed E-state index contributed by atoms with van der Waals surface area (Å²) in [7, 11) is 0. The van der Waals surface area contributed by atoms with Crippen LogP contribution in [-0.4, -0.2) is 17.7 Å². The van der Waals surface area contributed by atoms with E-state index < -0.39 is 11.6 Å². The summed E-state index contributed by atoms with van der Waals surface area (Å²) in [4.78, 5) is 11.9. The zero-order valence-corrected chi connectivity index (χ0v) is 12.5. The van der Waals surface area contributed by atoms with Crippen LogP contribution in [-0.2, 0) is 5.60 Å². The van der Waals surface area contributed by atoms with Gasteiger partial charge in [0.2, 0.25) is 0 Å². The van der Waals surface area contributed by atoms with Gasteiger partial charge in [-0.05, 0) is 43.7 Å². The lowest BCUT2D eigenvalue weighted by Gasteiger charge is -2.22. The number of nitrogens with one attached hydrogen (secondary N) is 2. The summed E-state index contributed by atoms with van der Waals surface area (Å²) in [6.07, 6.45) is 1.46. The van der Waals surface area contributed by atoms with Gasteiger partial charge < -0.3 is 20.2 Å². The van der Waals surface area contributed by atoms with E-state index in [1.54, 1.807) is 38.1 Å². The van der Waals surface area contributed by atoms with E-state index in [9.17, 15) is 14.3 Å². The van der Waals surface area contributed by atoms with E-state index in [1.165, 1.54) is 18.4 Å². The third-order valence-corrected chi connectivity index (χ3v) is 3.36. The number of furan rings is 1. The number of benzene rings is 1. The van der Waals surface area contributed by atoms with Crippen molar-refractivity contribution >= 4 is 6.03 Å². The highest BCUT2D eigenvalue weighted by atomic mass is 19.1. The fourth-order valence-electron chi connectivity index (χ4n) is 2.01. The summed E-state index contributed by atoms with van der Waals surface area (Å²) >= 11 is 0. The third kappa shape index (κ3) is 4.08. The molecule has 2 aromatic rings. The Morgan fingerprint density at radius 3 is 2.64 bits per heavy atom. The number of carbonyl (C=O) groups is 1. The molecule has 0 fully saturated rings. The van der Waals surface area contributed by atoms with Crippen LogP contribution < -0.4 is 10.6 Å². The minimum absolute atomic E-state index is 0.00246. The molecule has 6 heteroatoms. The minimum atomic E-state index is -1.29. The molecule has 0 aliphatic rings. The van der Waals surface area contributed by atoms with Crippen molar-refractivity contribution in [3.63, 3.8) is 0 Å². The summed E-state index contributed by atoms with van der Waals surface area (Å²) in [6, 6.07) is 8.50. The van der Waals surface area contributed by atoms with Gasteiger partial charge in [-0.1, -0.05) is 12.1 Å². The van der Waals surface area contributed by atoms with E-state index in [-0.39, 0.29) is 18.4 Å².